The molecule has 2 rings (SSSR count). The van der Waals surface area contributed by atoms with E-state index in [-0.39, 0.29) is 6.42 Å². The molecular weight excluding hydrogens is 384 g/mol. The molecule has 1 N–H and O–H groups in total. The van der Waals surface area contributed by atoms with E-state index in [4.69, 9.17) is 18.8 Å². The molecule has 0 aliphatic rings. The maximum atomic E-state index is 11.3. The average molecular weight is 408 g/mol. The zero-order valence-electron chi connectivity index (χ0n) is 15.8. The molecular formula is C20H24O7S. The maximum Gasteiger partial charge on any atom is 0.333 e. The second-order valence-corrected chi connectivity index (χ2v) is 7.70. The molecule has 0 radical (unpaired) electrons. The molecule has 0 saturated carbocycles. The minimum Gasteiger partial charge on any atom is -0.493 e. The lowest BCUT2D eigenvalue weighted by Gasteiger charge is -2.13. The van der Waals surface area contributed by atoms with Gasteiger partial charge in [0.05, 0.1) is 12.9 Å². The van der Waals surface area contributed by atoms with Crippen LogP contribution in [0, 0.1) is 0 Å². The van der Waals surface area contributed by atoms with Crippen molar-refractivity contribution in [2.45, 2.75) is 25.9 Å². The first-order valence-electron chi connectivity index (χ1n) is 8.82. The van der Waals surface area contributed by atoms with E-state index in [0.717, 1.165) is 17.4 Å². The number of hydrogen-bond acceptors (Lipinski definition) is 6. The highest BCUT2D eigenvalue weighted by Gasteiger charge is 2.17. The Hall–Kier alpha value is -2.58. The van der Waals surface area contributed by atoms with Crippen molar-refractivity contribution >= 4 is 16.1 Å². The lowest BCUT2D eigenvalue weighted by atomic mass is 10.1. The molecule has 7 nitrogen and oxygen atoms in total. The molecule has 0 spiro atoms. The number of benzene rings is 2. The molecule has 0 amide bonds. The number of para-hydroxylation sites is 1. The van der Waals surface area contributed by atoms with Gasteiger partial charge in [-0.15, -0.1) is 0 Å². The van der Waals surface area contributed by atoms with Gasteiger partial charge in [-0.3, -0.25) is 0 Å². The van der Waals surface area contributed by atoms with Crippen molar-refractivity contribution in [1.29, 1.82) is 0 Å². The third-order valence-corrected chi connectivity index (χ3v) is 4.32. The smallest absolute Gasteiger partial charge is 0.333 e. The third-order valence-electron chi connectivity index (χ3n) is 3.84. The predicted octanol–water partition coefficient (Wildman–Crippen LogP) is 2.68. The molecule has 0 fully saturated rings. The first kappa shape index (κ1) is 21.7. The molecule has 0 aliphatic carbocycles. The number of aliphatic carboxylic acids is 1. The molecule has 0 saturated heterocycles. The van der Waals surface area contributed by atoms with Crippen molar-refractivity contribution < 1.29 is 32.0 Å². The largest absolute Gasteiger partial charge is 0.493 e. The first-order valence-corrected chi connectivity index (χ1v) is 10.6. The molecule has 2 aromatic carbocycles. The van der Waals surface area contributed by atoms with Crippen LogP contribution in [0.1, 0.15) is 18.1 Å². The van der Waals surface area contributed by atoms with Crippen molar-refractivity contribution in [3.05, 3.63) is 59.7 Å². The van der Waals surface area contributed by atoms with Gasteiger partial charge in [0.2, 0.25) is 0 Å². The van der Waals surface area contributed by atoms with E-state index < -0.39 is 22.2 Å². The zero-order chi connectivity index (χ0) is 20.6. The Balaban J connectivity index is 1.91. The zero-order valence-corrected chi connectivity index (χ0v) is 16.6. The Bertz CT molecular complexity index is 876. The summed E-state index contributed by atoms with van der Waals surface area (Å²) in [6, 6.07) is 14.0. The lowest BCUT2D eigenvalue weighted by Crippen LogP contribution is -2.26. The van der Waals surface area contributed by atoms with Gasteiger partial charge >= 0.3 is 16.1 Å². The highest BCUT2D eigenvalue weighted by molar-refractivity contribution is 7.86. The van der Waals surface area contributed by atoms with Gasteiger partial charge in [0.15, 0.2) is 6.10 Å². The van der Waals surface area contributed by atoms with Crippen molar-refractivity contribution in [2.75, 3.05) is 19.5 Å². The Morgan fingerprint density at radius 2 is 1.79 bits per heavy atom. The van der Waals surface area contributed by atoms with E-state index in [9.17, 15) is 13.2 Å². The van der Waals surface area contributed by atoms with Gasteiger partial charge in [-0.25, -0.2) is 4.79 Å². The standard InChI is InChI=1S/C20H24O7S/c1-3-25-19(20(21)22)14-15-8-10-17(11-9-15)26-13-12-16-6-4-5-7-18(16)27-28(2,23)24/h4-11,19H,3,12-14H2,1-2H3,(H,21,22)/t19-/m0/s1. The minimum absolute atomic E-state index is 0.277. The quantitative estimate of drug-likeness (QED) is 0.571. The summed E-state index contributed by atoms with van der Waals surface area (Å²) < 4.78 is 38.6. The highest BCUT2D eigenvalue weighted by atomic mass is 32.2. The molecule has 152 valence electrons. The van der Waals surface area contributed by atoms with Crippen molar-refractivity contribution in [1.82, 2.24) is 0 Å². The van der Waals surface area contributed by atoms with Crippen LogP contribution in [0.25, 0.3) is 0 Å². The molecule has 2 aromatic rings. The molecule has 0 aliphatic heterocycles. The van der Waals surface area contributed by atoms with E-state index >= 15 is 0 Å². The molecule has 0 unspecified atom stereocenters. The lowest BCUT2D eigenvalue weighted by molar-refractivity contribution is -0.149. The van der Waals surface area contributed by atoms with Crippen LogP contribution in [0.3, 0.4) is 0 Å². The number of ether oxygens (including phenoxy) is 2. The van der Waals surface area contributed by atoms with Gasteiger partial charge in [0.25, 0.3) is 0 Å². The predicted molar refractivity (Wildman–Crippen MR) is 104 cm³/mol. The minimum atomic E-state index is -3.59. The fraction of sp³-hybridized carbons (Fsp3) is 0.350. The fourth-order valence-electron chi connectivity index (χ4n) is 2.59. The summed E-state index contributed by atoms with van der Waals surface area (Å²) in [5.41, 5.74) is 1.56. The van der Waals surface area contributed by atoms with Crippen LogP contribution in [0.15, 0.2) is 48.5 Å². The summed E-state index contributed by atoms with van der Waals surface area (Å²) in [5.74, 6) is -0.0645. The van der Waals surface area contributed by atoms with Crippen LogP contribution < -0.4 is 8.92 Å². The molecule has 0 aromatic heterocycles. The Morgan fingerprint density at radius 3 is 2.39 bits per heavy atom. The van der Waals surface area contributed by atoms with Crippen LogP contribution in [0.5, 0.6) is 11.5 Å². The van der Waals surface area contributed by atoms with Crippen LogP contribution in [0.2, 0.25) is 0 Å². The topological polar surface area (TPSA) is 99.1 Å². The van der Waals surface area contributed by atoms with Gasteiger partial charge < -0.3 is 18.8 Å². The second-order valence-electron chi connectivity index (χ2n) is 6.12. The van der Waals surface area contributed by atoms with E-state index in [1.54, 1.807) is 55.5 Å². The van der Waals surface area contributed by atoms with Crippen molar-refractivity contribution in [2.24, 2.45) is 0 Å². The van der Waals surface area contributed by atoms with E-state index in [0.29, 0.717) is 31.1 Å². The molecule has 28 heavy (non-hydrogen) atoms. The molecule has 0 heterocycles. The summed E-state index contributed by atoms with van der Waals surface area (Å²) in [6.45, 7) is 2.43. The van der Waals surface area contributed by atoms with E-state index in [1.165, 1.54) is 0 Å². The SMILES string of the molecule is CCO[C@@H](Cc1ccc(OCCc2ccccc2OS(C)(=O)=O)cc1)C(=O)O. The number of hydrogen-bond donors (Lipinski definition) is 1. The van der Waals surface area contributed by atoms with Gasteiger partial charge in [0, 0.05) is 19.4 Å². The van der Waals surface area contributed by atoms with Crippen molar-refractivity contribution in [3.8, 4) is 11.5 Å². The van der Waals surface area contributed by atoms with Crippen molar-refractivity contribution in [3.63, 3.8) is 0 Å². The number of carboxylic acids is 1. The van der Waals surface area contributed by atoms with Gasteiger partial charge in [-0.1, -0.05) is 30.3 Å². The first-order chi connectivity index (χ1) is 13.3. The maximum absolute atomic E-state index is 11.3. The summed E-state index contributed by atoms with van der Waals surface area (Å²) in [6.07, 6.45) is 0.879. The molecule has 0 bridgehead atoms. The number of carbonyl (C=O) groups is 1. The average Bonchev–Trinajstić information content (AvgIpc) is 2.63. The van der Waals surface area contributed by atoms with Gasteiger partial charge in [0.1, 0.15) is 11.5 Å². The molecule has 1 atom stereocenters. The van der Waals surface area contributed by atoms with Crippen LogP contribution in [0.4, 0.5) is 0 Å². The Kier molecular flexibility index (Phi) is 7.83. The summed E-state index contributed by atoms with van der Waals surface area (Å²) in [5, 5.41) is 9.14. The fourth-order valence-corrected chi connectivity index (χ4v) is 3.08. The number of rotatable bonds is 11. The summed E-state index contributed by atoms with van der Waals surface area (Å²) in [4.78, 5) is 11.2. The van der Waals surface area contributed by atoms with Crippen LogP contribution in [-0.4, -0.2) is 45.1 Å². The second kappa shape index (κ2) is 10.1. The Morgan fingerprint density at radius 1 is 1.11 bits per heavy atom. The number of carboxylic acid groups (broad SMARTS) is 1. The van der Waals surface area contributed by atoms with Crippen LogP contribution in [-0.2, 0) is 32.5 Å². The van der Waals surface area contributed by atoms with Gasteiger partial charge in [-0.05, 0) is 36.2 Å². The van der Waals surface area contributed by atoms with E-state index in [2.05, 4.69) is 0 Å². The van der Waals surface area contributed by atoms with Gasteiger partial charge in [-0.2, -0.15) is 8.42 Å². The highest BCUT2D eigenvalue weighted by Crippen LogP contribution is 2.21. The Labute approximate surface area is 165 Å². The summed E-state index contributed by atoms with van der Waals surface area (Å²) in [7, 11) is -3.59. The van der Waals surface area contributed by atoms with E-state index in [1.807, 2.05) is 0 Å². The third kappa shape index (κ3) is 7.21. The normalized spacial score (nSPS) is 12.4. The monoisotopic (exact) mass is 408 g/mol. The molecule has 8 heteroatoms. The van der Waals surface area contributed by atoms with Crippen LogP contribution >= 0.6 is 0 Å². The summed E-state index contributed by atoms with van der Waals surface area (Å²) >= 11 is 0.